The SMILES string of the molecule is CB(O)N1C(C)C(=O)CC1c1ccccc1. The predicted octanol–water partition coefficient (Wildman–Crippen LogP) is 1.50. The van der Waals surface area contributed by atoms with Crippen molar-refractivity contribution < 1.29 is 9.82 Å². The summed E-state index contributed by atoms with van der Waals surface area (Å²) in [5.74, 6) is 0.203. The lowest BCUT2D eigenvalue weighted by molar-refractivity contribution is -0.119. The molecule has 84 valence electrons. The van der Waals surface area contributed by atoms with Crippen LogP contribution in [-0.2, 0) is 4.79 Å². The van der Waals surface area contributed by atoms with E-state index in [0.29, 0.717) is 6.42 Å². The molecule has 0 bridgehead atoms. The van der Waals surface area contributed by atoms with Gasteiger partial charge in [-0.15, -0.1) is 0 Å². The molecule has 1 aromatic carbocycles. The van der Waals surface area contributed by atoms with Gasteiger partial charge < -0.3 is 9.83 Å². The van der Waals surface area contributed by atoms with Gasteiger partial charge in [0, 0.05) is 12.5 Å². The maximum atomic E-state index is 11.7. The van der Waals surface area contributed by atoms with E-state index >= 15 is 0 Å². The second-order valence-electron chi connectivity index (χ2n) is 4.35. The highest BCUT2D eigenvalue weighted by molar-refractivity contribution is 6.46. The van der Waals surface area contributed by atoms with Crippen LogP contribution in [0.3, 0.4) is 0 Å². The molecule has 1 aromatic rings. The Bertz CT molecular complexity index is 380. The van der Waals surface area contributed by atoms with Gasteiger partial charge in [0.2, 0.25) is 0 Å². The topological polar surface area (TPSA) is 40.5 Å². The molecular weight excluding hydrogens is 201 g/mol. The molecule has 0 aromatic heterocycles. The zero-order valence-electron chi connectivity index (χ0n) is 9.63. The molecule has 1 saturated heterocycles. The van der Waals surface area contributed by atoms with Crippen molar-refractivity contribution in [1.82, 2.24) is 4.81 Å². The van der Waals surface area contributed by atoms with Crippen LogP contribution in [0.2, 0.25) is 6.82 Å². The van der Waals surface area contributed by atoms with Crippen molar-refractivity contribution in [3.8, 4) is 0 Å². The van der Waals surface area contributed by atoms with Crippen LogP contribution in [0.4, 0.5) is 0 Å². The maximum Gasteiger partial charge on any atom is 0.377 e. The van der Waals surface area contributed by atoms with E-state index < -0.39 is 7.05 Å². The van der Waals surface area contributed by atoms with E-state index in [1.54, 1.807) is 6.82 Å². The van der Waals surface area contributed by atoms with Gasteiger partial charge in [0.1, 0.15) is 0 Å². The molecule has 1 aliphatic rings. The number of hydrogen-bond acceptors (Lipinski definition) is 3. The lowest BCUT2D eigenvalue weighted by Gasteiger charge is -2.28. The summed E-state index contributed by atoms with van der Waals surface area (Å²) in [6.45, 7) is 3.57. The van der Waals surface area contributed by atoms with Crippen molar-refractivity contribution in [3.63, 3.8) is 0 Å². The molecule has 1 N–H and O–H groups in total. The summed E-state index contributed by atoms with van der Waals surface area (Å²) in [5, 5.41) is 9.75. The van der Waals surface area contributed by atoms with E-state index in [9.17, 15) is 9.82 Å². The minimum Gasteiger partial charge on any atom is -0.437 e. The maximum absolute atomic E-state index is 11.7. The van der Waals surface area contributed by atoms with Gasteiger partial charge >= 0.3 is 7.05 Å². The van der Waals surface area contributed by atoms with Gasteiger partial charge in [-0.3, -0.25) is 4.79 Å². The van der Waals surface area contributed by atoms with Gasteiger partial charge in [0.05, 0.1) is 6.04 Å². The molecular formula is C12H16BNO2. The van der Waals surface area contributed by atoms with E-state index in [2.05, 4.69) is 0 Å². The lowest BCUT2D eigenvalue weighted by atomic mass is 9.82. The third-order valence-corrected chi connectivity index (χ3v) is 3.28. The number of benzene rings is 1. The second-order valence-corrected chi connectivity index (χ2v) is 4.35. The molecule has 1 aliphatic heterocycles. The molecule has 2 rings (SSSR count). The van der Waals surface area contributed by atoms with E-state index in [1.165, 1.54) is 0 Å². The number of Topliss-reactive ketones (excluding diaryl/α,β-unsaturated/α-hetero) is 1. The molecule has 4 heteroatoms. The summed E-state index contributed by atoms with van der Waals surface area (Å²) < 4.78 is 0. The van der Waals surface area contributed by atoms with Gasteiger partial charge in [-0.1, -0.05) is 30.3 Å². The summed E-state index contributed by atoms with van der Waals surface area (Å²) in [4.78, 5) is 13.6. The highest BCUT2D eigenvalue weighted by atomic mass is 16.2. The van der Waals surface area contributed by atoms with Crippen molar-refractivity contribution >= 4 is 12.8 Å². The molecule has 1 fully saturated rings. The third-order valence-electron chi connectivity index (χ3n) is 3.28. The number of hydrogen-bond donors (Lipinski definition) is 1. The van der Waals surface area contributed by atoms with Crippen LogP contribution in [0.25, 0.3) is 0 Å². The number of rotatable bonds is 2. The fraction of sp³-hybridized carbons (Fsp3) is 0.417. The standard InChI is InChI=1S/C12H16BNO2/c1-9-12(15)8-11(14(9)13(2)16)10-6-4-3-5-7-10/h3-7,9,11,16H,8H2,1-2H3. The van der Waals surface area contributed by atoms with Crippen LogP contribution in [0.1, 0.15) is 24.9 Å². The zero-order valence-corrected chi connectivity index (χ0v) is 9.63. The molecule has 0 aliphatic carbocycles. The van der Waals surface area contributed by atoms with E-state index in [0.717, 1.165) is 5.56 Å². The Labute approximate surface area is 96.2 Å². The van der Waals surface area contributed by atoms with Crippen LogP contribution in [0.15, 0.2) is 30.3 Å². The average molecular weight is 217 g/mol. The van der Waals surface area contributed by atoms with Crippen LogP contribution in [0, 0.1) is 0 Å². The first-order chi connectivity index (χ1) is 7.61. The van der Waals surface area contributed by atoms with Gasteiger partial charge in [-0.2, -0.15) is 0 Å². The molecule has 1 heterocycles. The minimum absolute atomic E-state index is 0.0173. The summed E-state index contributed by atoms with van der Waals surface area (Å²) >= 11 is 0. The fourth-order valence-electron chi connectivity index (χ4n) is 2.45. The highest BCUT2D eigenvalue weighted by Gasteiger charge is 2.41. The van der Waals surface area contributed by atoms with Crippen molar-refractivity contribution in [2.24, 2.45) is 0 Å². The molecule has 3 nitrogen and oxygen atoms in total. The number of nitrogens with zero attached hydrogens (tertiary/aromatic N) is 1. The fourth-order valence-corrected chi connectivity index (χ4v) is 2.45. The van der Waals surface area contributed by atoms with Crippen LogP contribution in [-0.4, -0.2) is 28.7 Å². The highest BCUT2D eigenvalue weighted by Crippen LogP contribution is 2.34. The Morgan fingerprint density at radius 1 is 1.38 bits per heavy atom. The predicted molar refractivity (Wildman–Crippen MR) is 63.9 cm³/mol. The normalized spacial score (nSPS) is 26.1. The second kappa shape index (κ2) is 4.40. The first-order valence-corrected chi connectivity index (χ1v) is 5.64. The van der Waals surface area contributed by atoms with Crippen molar-refractivity contribution in [2.75, 3.05) is 0 Å². The van der Waals surface area contributed by atoms with Crippen molar-refractivity contribution in [2.45, 2.75) is 32.3 Å². The zero-order chi connectivity index (χ0) is 11.7. The van der Waals surface area contributed by atoms with Crippen LogP contribution < -0.4 is 0 Å². The lowest BCUT2D eigenvalue weighted by Crippen LogP contribution is -2.42. The number of ketones is 1. The van der Waals surface area contributed by atoms with E-state index in [4.69, 9.17) is 0 Å². The van der Waals surface area contributed by atoms with E-state index in [1.807, 2.05) is 42.1 Å². The monoisotopic (exact) mass is 217 g/mol. The minimum atomic E-state index is -0.591. The van der Waals surface area contributed by atoms with E-state index in [-0.39, 0.29) is 17.9 Å². The molecule has 16 heavy (non-hydrogen) atoms. The quantitative estimate of drug-likeness (QED) is 0.763. The Hall–Kier alpha value is -1.13. The van der Waals surface area contributed by atoms with Gasteiger partial charge in [-0.05, 0) is 19.3 Å². The van der Waals surface area contributed by atoms with Crippen LogP contribution in [0.5, 0.6) is 0 Å². The number of carbonyl (C=O) groups is 1. The molecule has 2 unspecified atom stereocenters. The Balaban J connectivity index is 2.31. The first kappa shape index (κ1) is 11.4. The Morgan fingerprint density at radius 2 is 2.00 bits per heavy atom. The third kappa shape index (κ3) is 1.90. The molecule has 0 amide bonds. The summed E-state index contributed by atoms with van der Waals surface area (Å²) in [6.07, 6.45) is 0.496. The van der Waals surface area contributed by atoms with Crippen LogP contribution >= 0.6 is 0 Å². The summed E-state index contributed by atoms with van der Waals surface area (Å²) in [7, 11) is -0.591. The molecule has 2 atom stereocenters. The van der Waals surface area contributed by atoms with Crippen molar-refractivity contribution in [3.05, 3.63) is 35.9 Å². The average Bonchev–Trinajstić information content (AvgIpc) is 2.57. The van der Waals surface area contributed by atoms with Gasteiger partial charge in [-0.25, -0.2) is 0 Å². The van der Waals surface area contributed by atoms with Crippen molar-refractivity contribution in [1.29, 1.82) is 0 Å². The first-order valence-electron chi connectivity index (χ1n) is 5.64. The Morgan fingerprint density at radius 3 is 2.56 bits per heavy atom. The largest absolute Gasteiger partial charge is 0.437 e. The Kier molecular flexibility index (Phi) is 3.12. The summed E-state index contributed by atoms with van der Waals surface area (Å²) in [6, 6.07) is 9.72. The van der Waals surface area contributed by atoms with Gasteiger partial charge in [0.25, 0.3) is 0 Å². The summed E-state index contributed by atoms with van der Waals surface area (Å²) in [5.41, 5.74) is 1.10. The number of carbonyl (C=O) groups excluding carboxylic acids is 1. The molecule has 0 radical (unpaired) electrons. The molecule has 0 spiro atoms. The van der Waals surface area contributed by atoms with Gasteiger partial charge in [0.15, 0.2) is 5.78 Å². The smallest absolute Gasteiger partial charge is 0.377 e. The molecule has 0 saturated carbocycles.